The Hall–Kier alpha value is -1.89. The highest BCUT2D eigenvalue weighted by Gasteiger charge is 2.22. The molecule has 1 aliphatic rings. The Morgan fingerprint density at radius 1 is 1.27 bits per heavy atom. The molecule has 5 nitrogen and oxygen atoms in total. The summed E-state index contributed by atoms with van der Waals surface area (Å²) in [6.45, 7) is 3.78. The third-order valence-electron chi connectivity index (χ3n) is 4.30. The Balaban J connectivity index is 1.51. The van der Waals surface area contributed by atoms with Gasteiger partial charge in [0.2, 0.25) is 0 Å². The largest absolute Gasteiger partial charge is 0.492 e. The Labute approximate surface area is 162 Å². The number of carbonyl (C=O) groups excluding carboxylic acids is 1. The van der Waals surface area contributed by atoms with Crippen molar-refractivity contribution in [1.82, 2.24) is 4.90 Å². The predicted molar refractivity (Wildman–Crippen MR) is 103 cm³/mol. The van der Waals surface area contributed by atoms with Gasteiger partial charge in [-0.2, -0.15) is 0 Å². The smallest absolute Gasteiger partial charge is 0.337 e. The quantitative estimate of drug-likeness (QED) is 0.668. The lowest BCUT2D eigenvalue weighted by Gasteiger charge is -2.33. The van der Waals surface area contributed by atoms with E-state index in [1.807, 2.05) is 18.2 Å². The summed E-state index contributed by atoms with van der Waals surface area (Å²) in [5, 5.41) is 0. The number of carbonyl (C=O) groups is 1. The molecule has 0 radical (unpaired) electrons. The molecule has 1 fully saturated rings. The number of hydrogen-bond donors (Lipinski definition) is 0. The van der Waals surface area contributed by atoms with Crippen molar-refractivity contribution in [3.8, 4) is 5.75 Å². The summed E-state index contributed by atoms with van der Waals surface area (Å²) < 4.78 is 17.5. The number of halogens is 1. The number of nitrogens with zero attached hydrogens (tertiary/aromatic N) is 1. The lowest BCUT2D eigenvalue weighted by atomic mass is 10.1. The van der Waals surface area contributed by atoms with Crippen LogP contribution >= 0.6 is 15.9 Å². The first-order valence-corrected chi connectivity index (χ1v) is 9.35. The average molecular weight is 420 g/mol. The minimum Gasteiger partial charge on any atom is -0.492 e. The van der Waals surface area contributed by atoms with Gasteiger partial charge >= 0.3 is 5.97 Å². The second-order valence-electron chi connectivity index (χ2n) is 6.08. The number of ether oxygens (including phenoxy) is 3. The molecule has 1 heterocycles. The van der Waals surface area contributed by atoms with E-state index in [1.54, 1.807) is 18.2 Å². The minimum atomic E-state index is -0.361. The van der Waals surface area contributed by atoms with Crippen LogP contribution in [0.1, 0.15) is 22.0 Å². The maximum absolute atomic E-state index is 11.6. The van der Waals surface area contributed by atoms with Gasteiger partial charge in [0, 0.05) is 24.1 Å². The van der Waals surface area contributed by atoms with Crippen LogP contribution in [0.5, 0.6) is 5.75 Å². The van der Waals surface area contributed by atoms with E-state index < -0.39 is 0 Å². The van der Waals surface area contributed by atoms with Gasteiger partial charge in [-0.1, -0.05) is 34.1 Å². The standard InChI is InChI=1S/C20H22BrNO4/c1-24-20(23)16-5-3-7-18(13-16)25-10-8-22-9-11-26-19(14-22)15-4-2-6-17(21)12-15/h2-7,12-13,19H,8-11,14H2,1H3. The Kier molecular flexibility index (Phi) is 6.66. The highest BCUT2D eigenvalue weighted by molar-refractivity contribution is 9.10. The molecule has 0 aromatic heterocycles. The van der Waals surface area contributed by atoms with E-state index >= 15 is 0 Å². The van der Waals surface area contributed by atoms with Crippen LogP contribution in [0.25, 0.3) is 0 Å². The molecule has 0 aliphatic carbocycles. The second-order valence-corrected chi connectivity index (χ2v) is 7.00. The molecule has 0 amide bonds. The van der Waals surface area contributed by atoms with Crippen LogP contribution < -0.4 is 4.74 Å². The van der Waals surface area contributed by atoms with E-state index in [1.165, 1.54) is 12.7 Å². The van der Waals surface area contributed by atoms with Gasteiger partial charge in [-0.3, -0.25) is 4.90 Å². The number of methoxy groups -OCH3 is 1. The predicted octanol–water partition coefficient (Wildman–Crippen LogP) is 3.69. The van der Waals surface area contributed by atoms with Gasteiger partial charge in [0.05, 0.1) is 25.4 Å². The van der Waals surface area contributed by atoms with Crippen molar-refractivity contribution in [2.24, 2.45) is 0 Å². The van der Waals surface area contributed by atoms with E-state index in [9.17, 15) is 4.79 Å². The zero-order chi connectivity index (χ0) is 18.4. The monoisotopic (exact) mass is 419 g/mol. The number of rotatable bonds is 6. The van der Waals surface area contributed by atoms with E-state index in [2.05, 4.69) is 33.0 Å². The van der Waals surface area contributed by atoms with E-state index in [0.717, 1.165) is 24.1 Å². The molecule has 0 saturated carbocycles. The van der Waals surface area contributed by atoms with Crippen molar-refractivity contribution in [1.29, 1.82) is 0 Å². The van der Waals surface area contributed by atoms with Crippen LogP contribution in [-0.2, 0) is 9.47 Å². The van der Waals surface area contributed by atoms with E-state index in [4.69, 9.17) is 14.2 Å². The number of hydrogen-bond acceptors (Lipinski definition) is 5. The molecule has 0 spiro atoms. The van der Waals surface area contributed by atoms with Crippen LogP contribution in [0.2, 0.25) is 0 Å². The molecular weight excluding hydrogens is 398 g/mol. The third-order valence-corrected chi connectivity index (χ3v) is 4.80. The van der Waals surface area contributed by atoms with Gasteiger partial charge in [0.25, 0.3) is 0 Å². The normalized spacial score (nSPS) is 17.7. The average Bonchev–Trinajstić information content (AvgIpc) is 2.68. The van der Waals surface area contributed by atoms with Crippen molar-refractivity contribution >= 4 is 21.9 Å². The van der Waals surface area contributed by atoms with Crippen LogP contribution in [0.4, 0.5) is 0 Å². The first kappa shape index (κ1) is 18.9. The van der Waals surface area contributed by atoms with Gasteiger partial charge in [0.1, 0.15) is 12.4 Å². The SMILES string of the molecule is COC(=O)c1cccc(OCCN2CCOC(c3cccc(Br)c3)C2)c1. The fourth-order valence-electron chi connectivity index (χ4n) is 2.94. The maximum Gasteiger partial charge on any atom is 0.337 e. The van der Waals surface area contributed by atoms with Crippen molar-refractivity contribution in [2.75, 3.05) is 40.0 Å². The van der Waals surface area contributed by atoms with Gasteiger partial charge in [-0.05, 0) is 35.9 Å². The van der Waals surface area contributed by atoms with Crippen molar-refractivity contribution in [3.63, 3.8) is 0 Å². The van der Waals surface area contributed by atoms with Crippen LogP contribution in [-0.4, -0.2) is 50.8 Å². The summed E-state index contributed by atoms with van der Waals surface area (Å²) >= 11 is 3.51. The molecule has 1 atom stereocenters. The molecule has 3 rings (SSSR count). The molecule has 2 aromatic carbocycles. The highest BCUT2D eigenvalue weighted by Crippen LogP contribution is 2.24. The highest BCUT2D eigenvalue weighted by atomic mass is 79.9. The summed E-state index contributed by atoms with van der Waals surface area (Å²) in [5.41, 5.74) is 1.67. The van der Waals surface area contributed by atoms with Gasteiger partial charge in [-0.15, -0.1) is 0 Å². The maximum atomic E-state index is 11.6. The lowest BCUT2D eigenvalue weighted by molar-refractivity contribution is -0.0329. The van der Waals surface area contributed by atoms with Crippen LogP contribution in [0.3, 0.4) is 0 Å². The fourth-order valence-corrected chi connectivity index (χ4v) is 3.35. The Morgan fingerprint density at radius 3 is 2.92 bits per heavy atom. The number of esters is 1. The second kappa shape index (κ2) is 9.16. The zero-order valence-corrected chi connectivity index (χ0v) is 16.3. The fraction of sp³-hybridized carbons (Fsp3) is 0.350. The molecular formula is C20H22BrNO4. The molecule has 138 valence electrons. The number of benzene rings is 2. The van der Waals surface area contributed by atoms with Crippen LogP contribution in [0, 0.1) is 0 Å². The van der Waals surface area contributed by atoms with Crippen LogP contribution in [0.15, 0.2) is 53.0 Å². The van der Waals surface area contributed by atoms with Gasteiger partial charge in [-0.25, -0.2) is 4.79 Å². The molecule has 6 heteroatoms. The summed E-state index contributed by atoms with van der Waals surface area (Å²) in [5.74, 6) is 0.310. The van der Waals surface area contributed by atoms with Crippen molar-refractivity contribution in [3.05, 3.63) is 64.1 Å². The molecule has 2 aromatic rings. The third kappa shape index (κ3) is 5.06. The molecule has 1 saturated heterocycles. The minimum absolute atomic E-state index is 0.0731. The Bertz CT molecular complexity index is 752. The van der Waals surface area contributed by atoms with Crippen molar-refractivity contribution < 1.29 is 19.0 Å². The number of morpholine rings is 1. The molecule has 0 N–H and O–H groups in total. The molecule has 1 aliphatic heterocycles. The molecule has 0 bridgehead atoms. The lowest BCUT2D eigenvalue weighted by Crippen LogP contribution is -2.40. The molecule has 26 heavy (non-hydrogen) atoms. The summed E-state index contributed by atoms with van der Waals surface area (Å²) in [7, 11) is 1.37. The summed E-state index contributed by atoms with van der Waals surface area (Å²) in [6, 6.07) is 15.3. The summed E-state index contributed by atoms with van der Waals surface area (Å²) in [6.07, 6.45) is 0.0731. The van der Waals surface area contributed by atoms with E-state index in [-0.39, 0.29) is 12.1 Å². The van der Waals surface area contributed by atoms with Gasteiger partial charge in [0.15, 0.2) is 0 Å². The topological polar surface area (TPSA) is 48.0 Å². The van der Waals surface area contributed by atoms with E-state index in [0.29, 0.717) is 24.5 Å². The van der Waals surface area contributed by atoms with Gasteiger partial charge < -0.3 is 14.2 Å². The molecule has 1 unspecified atom stereocenters. The summed E-state index contributed by atoms with van der Waals surface area (Å²) in [4.78, 5) is 13.9. The zero-order valence-electron chi connectivity index (χ0n) is 14.7. The first-order chi connectivity index (χ1) is 12.7. The van der Waals surface area contributed by atoms with Crippen molar-refractivity contribution in [2.45, 2.75) is 6.10 Å². The first-order valence-electron chi connectivity index (χ1n) is 8.56. The Morgan fingerprint density at radius 2 is 2.12 bits per heavy atom.